The van der Waals surface area contributed by atoms with E-state index in [-0.39, 0.29) is 30.0 Å². The van der Waals surface area contributed by atoms with E-state index in [0.717, 1.165) is 30.4 Å². The highest BCUT2D eigenvalue weighted by Gasteiger charge is 2.55. The summed E-state index contributed by atoms with van der Waals surface area (Å²) in [5, 5.41) is 29.9. The van der Waals surface area contributed by atoms with Gasteiger partial charge in [-0.3, -0.25) is 0 Å². The Morgan fingerprint density at radius 3 is 2.44 bits per heavy atom. The van der Waals surface area contributed by atoms with Gasteiger partial charge < -0.3 is 15.3 Å². The average molecular weight is 254 g/mol. The second-order valence-corrected chi connectivity index (χ2v) is 6.75. The summed E-state index contributed by atoms with van der Waals surface area (Å²) in [6, 6.07) is 0. The molecule has 1 fully saturated rings. The Hall–Kier alpha value is -0.380. The summed E-state index contributed by atoms with van der Waals surface area (Å²) in [5.41, 5.74) is 1.84. The van der Waals surface area contributed by atoms with Crippen LogP contribution in [0.3, 0.4) is 0 Å². The molecule has 0 aromatic heterocycles. The Balaban J connectivity index is 2.50. The highest BCUT2D eigenvalue weighted by Crippen LogP contribution is 2.59. The fourth-order valence-electron chi connectivity index (χ4n) is 4.70. The van der Waals surface area contributed by atoms with E-state index >= 15 is 0 Å². The number of fused-ring (bicyclic) bond motifs is 1. The molecular weight excluding hydrogens is 228 g/mol. The molecular formula is C15H26O3. The van der Waals surface area contributed by atoms with Gasteiger partial charge in [-0.2, -0.15) is 0 Å². The van der Waals surface area contributed by atoms with Gasteiger partial charge in [0.25, 0.3) is 0 Å². The normalized spacial score (nSPS) is 45.0. The molecule has 0 spiro atoms. The first kappa shape index (κ1) is 14.0. The molecule has 0 bridgehead atoms. The van der Waals surface area contributed by atoms with Gasteiger partial charge in [0.15, 0.2) is 0 Å². The van der Waals surface area contributed by atoms with Gasteiger partial charge in [0.1, 0.15) is 0 Å². The van der Waals surface area contributed by atoms with E-state index in [0.29, 0.717) is 6.42 Å². The van der Waals surface area contributed by atoms with Crippen LogP contribution >= 0.6 is 0 Å². The molecule has 0 heterocycles. The molecule has 0 aromatic rings. The predicted octanol–water partition coefficient (Wildman–Crippen LogP) is 1.86. The Labute approximate surface area is 110 Å². The van der Waals surface area contributed by atoms with Crippen LogP contribution in [0.25, 0.3) is 0 Å². The van der Waals surface area contributed by atoms with Gasteiger partial charge in [0.2, 0.25) is 0 Å². The van der Waals surface area contributed by atoms with Gasteiger partial charge >= 0.3 is 0 Å². The minimum atomic E-state index is -0.400. The van der Waals surface area contributed by atoms with Crippen molar-refractivity contribution < 1.29 is 15.3 Å². The topological polar surface area (TPSA) is 60.7 Å². The lowest BCUT2D eigenvalue weighted by Gasteiger charge is -2.57. The van der Waals surface area contributed by atoms with E-state index in [1.807, 2.05) is 6.92 Å². The smallest absolute Gasteiger partial charge is 0.0649 e. The molecule has 0 saturated heterocycles. The lowest BCUT2D eigenvalue weighted by Crippen LogP contribution is -2.54. The third-order valence-electron chi connectivity index (χ3n) is 5.51. The number of hydrogen-bond acceptors (Lipinski definition) is 3. The quantitative estimate of drug-likeness (QED) is 0.659. The summed E-state index contributed by atoms with van der Waals surface area (Å²) in [6.45, 7) is 6.44. The van der Waals surface area contributed by atoms with Crippen LogP contribution in [0.2, 0.25) is 0 Å². The summed E-state index contributed by atoms with van der Waals surface area (Å²) in [7, 11) is 0. The molecule has 104 valence electrons. The van der Waals surface area contributed by atoms with E-state index < -0.39 is 6.10 Å². The van der Waals surface area contributed by atoms with Gasteiger partial charge in [-0.05, 0) is 42.6 Å². The van der Waals surface area contributed by atoms with Crippen molar-refractivity contribution in [2.24, 2.45) is 16.7 Å². The second kappa shape index (κ2) is 4.62. The highest BCUT2D eigenvalue weighted by atomic mass is 16.3. The summed E-state index contributed by atoms with van der Waals surface area (Å²) in [5.74, 6) is 0.0506. The van der Waals surface area contributed by atoms with Crippen molar-refractivity contribution in [3.8, 4) is 0 Å². The number of rotatable bonds is 2. The zero-order valence-electron chi connectivity index (χ0n) is 11.7. The van der Waals surface area contributed by atoms with Crippen molar-refractivity contribution in [1.29, 1.82) is 0 Å². The highest BCUT2D eigenvalue weighted by molar-refractivity contribution is 5.29. The molecule has 1 saturated carbocycles. The zero-order valence-corrected chi connectivity index (χ0v) is 11.7. The lowest BCUT2D eigenvalue weighted by atomic mass is 9.49. The summed E-state index contributed by atoms with van der Waals surface area (Å²) >= 11 is 0. The van der Waals surface area contributed by atoms with E-state index in [2.05, 4.69) is 13.8 Å². The minimum absolute atomic E-state index is 0.0506. The van der Waals surface area contributed by atoms with Crippen LogP contribution in [0.1, 0.15) is 46.5 Å². The Kier molecular flexibility index (Phi) is 3.60. The van der Waals surface area contributed by atoms with Crippen LogP contribution in [0.5, 0.6) is 0 Å². The number of hydrogen-bond donors (Lipinski definition) is 3. The van der Waals surface area contributed by atoms with Crippen LogP contribution in [0, 0.1) is 16.7 Å². The Morgan fingerprint density at radius 1 is 1.22 bits per heavy atom. The zero-order chi connectivity index (χ0) is 13.6. The molecule has 2 aliphatic carbocycles. The van der Waals surface area contributed by atoms with Crippen LogP contribution < -0.4 is 0 Å². The molecule has 0 aromatic carbocycles. The maximum absolute atomic E-state index is 10.5. The molecule has 18 heavy (non-hydrogen) atoms. The molecule has 0 aliphatic heterocycles. The van der Waals surface area contributed by atoms with E-state index in [1.165, 1.54) is 0 Å². The number of aliphatic hydroxyl groups is 3. The molecule has 0 radical (unpaired) electrons. The van der Waals surface area contributed by atoms with Gasteiger partial charge in [-0.25, -0.2) is 0 Å². The first-order valence-electron chi connectivity index (χ1n) is 6.98. The van der Waals surface area contributed by atoms with Crippen LogP contribution in [0.15, 0.2) is 11.1 Å². The van der Waals surface area contributed by atoms with Crippen molar-refractivity contribution in [2.45, 2.75) is 52.6 Å². The summed E-state index contributed by atoms with van der Waals surface area (Å²) in [6.07, 6.45) is 3.23. The first-order valence-corrected chi connectivity index (χ1v) is 6.98. The molecule has 0 amide bonds. The maximum atomic E-state index is 10.5. The fraction of sp³-hybridized carbons (Fsp3) is 0.867. The number of aliphatic hydroxyl groups excluding tert-OH is 3. The van der Waals surface area contributed by atoms with Crippen molar-refractivity contribution in [3.05, 3.63) is 11.1 Å². The molecule has 4 atom stereocenters. The average Bonchev–Trinajstić information content (AvgIpc) is 2.28. The first-order chi connectivity index (χ1) is 8.39. The van der Waals surface area contributed by atoms with Crippen LogP contribution in [-0.4, -0.2) is 34.6 Å². The summed E-state index contributed by atoms with van der Waals surface area (Å²) < 4.78 is 0. The summed E-state index contributed by atoms with van der Waals surface area (Å²) in [4.78, 5) is 0. The van der Waals surface area contributed by atoms with Crippen LogP contribution in [0.4, 0.5) is 0 Å². The van der Waals surface area contributed by atoms with Crippen molar-refractivity contribution in [2.75, 3.05) is 13.2 Å². The Morgan fingerprint density at radius 2 is 1.89 bits per heavy atom. The monoisotopic (exact) mass is 254 g/mol. The van der Waals surface area contributed by atoms with Crippen molar-refractivity contribution >= 4 is 0 Å². The fourth-order valence-corrected chi connectivity index (χ4v) is 4.70. The second-order valence-electron chi connectivity index (χ2n) is 6.75. The minimum Gasteiger partial charge on any atom is -0.396 e. The maximum Gasteiger partial charge on any atom is 0.0649 e. The van der Waals surface area contributed by atoms with Gasteiger partial charge in [-0.15, -0.1) is 0 Å². The third kappa shape index (κ3) is 1.84. The lowest BCUT2D eigenvalue weighted by molar-refractivity contribution is -0.104. The predicted molar refractivity (Wildman–Crippen MR) is 71.1 cm³/mol. The standard InChI is InChI=1S/C15H26O3/c1-10-7-12(18)13-14(2,9-17)5-4-6-15(13,3)11(10)8-16/h12-13,16-18H,4-9H2,1-3H3. The van der Waals surface area contributed by atoms with E-state index in [1.54, 1.807) is 0 Å². The SMILES string of the molecule is CC1=C(CO)C2(C)CCCC(C)(CO)C2C(O)C1. The van der Waals surface area contributed by atoms with Crippen LogP contribution in [-0.2, 0) is 0 Å². The van der Waals surface area contributed by atoms with Crippen molar-refractivity contribution in [1.82, 2.24) is 0 Å². The van der Waals surface area contributed by atoms with Gasteiger partial charge in [-0.1, -0.05) is 25.8 Å². The molecule has 2 rings (SSSR count). The molecule has 4 unspecified atom stereocenters. The van der Waals surface area contributed by atoms with E-state index in [4.69, 9.17) is 0 Å². The largest absolute Gasteiger partial charge is 0.396 e. The molecule has 3 heteroatoms. The van der Waals surface area contributed by atoms with Gasteiger partial charge in [0.05, 0.1) is 12.7 Å². The third-order valence-corrected chi connectivity index (χ3v) is 5.51. The van der Waals surface area contributed by atoms with Crippen molar-refractivity contribution in [3.63, 3.8) is 0 Å². The molecule has 3 N–H and O–H groups in total. The molecule has 3 nitrogen and oxygen atoms in total. The molecule has 2 aliphatic rings. The van der Waals surface area contributed by atoms with Gasteiger partial charge in [0, 0.05) is 12.5 Å². The van der Waals surface area contributed by atoms with E-state index in [9.17, 15) is 15.3 Å². The Bertz CT molecular complexity index is 363.